The molecule has 2 aromatic carbocycles. The van der Waals surface area contributed by atoms with Gasteiger partial charge in [-0.2, -0.15) is 0 Å². The van der Waals surface area contributed by atoms with Crippen LogP contribution in [-0.4, -0.2) is 54.5 Å². The monoisotopic (exact) mass is 452 g/mol. The molecule has 8 heteroatoms. The van der Waals surface area contributed by atoms with Crippen LogP contribution in [0.4, 0.5) is 4.79 Å². The molecular weight excluding hydrogens is 424 g/mol. The minimum atomic E-state index is -1.54. The zero-order valence-electron chi connectivity index (χ0n) is 18.7. The fourth-order valence-electron chi connectivity index (χ4n) is 4.45. The maximum Gasteiger partial charge on any atom is 0.407 e. The van der Waals surface area contributed by atoms with Crippen LogP contribution in [0.15, 0.2) is 48.5 Å². The molecule has 0 aliphatic heterocycles. The lowest BCUT2D eigenvalue weighted by molar-refractivity contribution is -0.149. The van der Waals surface area contributed by atoms with Gasteiger partial charge in [-0.05, 0) is 42.0 Å². The molecule has 1 atom stereocenters. The Balaban J connectivity index is 1.35. The number of alkyl carbamates (subject to hydrolysis) is 1. The van der Waals surface area contributed by atoms with Crippen LogP contribution in [0.1, 0.15) is 43.2 Å². The lowest BCUT2D eigenvalue weighted by Gasteiger charge is -2.26. The van der Waals surface area contributed by atoms with Gasteiger partial charge in [0.1, 0.15) is 6.61 Å². The van der Waals surface area contributed by atoms with Crippen molar-refractivity contribution in [3.05, 3.63) is 59.7 Å². The van der Waals surface area contributed by atoms with Crippen LogP contribution in [0.5, 0.6) is 0 Å². The van der Waals surface area contributed by atoms with Crippen molar-refractivity contribution in [3.8, 4) is 11.1 Å². The molecule has 8 nitrogen and oxygen atoms in total. The van der Waals surface area contributed by atoms with Crippen LogP contribution in [0, 0.1) is 0 Å². The summed E-state index contributed by atoms with van der Waals surface area (Å²) in [5.41, 5.74) is 2.30. The van der Waals surface area contributed by atoms with E-state index in [1.165, 1.54) is 14.0 Å². The van der Waals surface area contributed by atoms with Gasteiger partial charge >= 0.3 is 12.1 Å². The summed E-state index contributed by atoms with van der Waals surface area (Å²) >= 11 is 0. The van der Waals surface area contributed by atoms with E-state index >= 15 is 0 Å². The predicted molar refractivity (Wildman–Crippen MR) is 121 cm³/mol. The Hall–Kier alpha value is -3.39. The van der Waals surface area contributed by atoms with E-state index in [0.717, 1.165) is 22.3 Å². The molecule has 2 aliphatic rings. The first kappa shape index (κ1) is 22.8. The highest BCUT2D eigenvalue weighted by Crippen LogP contribution is 2.44. The molecule has 0 saturated heterocycles. The summed E-state index contributed by atoms with van der Waals surface area (Å²) in [7, 11) is 1.37. The quantitative estimate of drug-likeness (QED) is 0.539. The van der Waals surface area contributed by atoms with Crippen molar-refractivity contribution in [2.24, 2.45) is 0 Å². The summed E-state index contributed by atoms with van der Waals surface area (Å²) in [6.07, 6.45) is 0.640. The highest BCUT2D eigenvalue weighted by molar-refractivity contribution is 5.88. The number of fused-ring (bicyclic) bond motifs is 3. The molecule has 1 fully saturated rings. The van der Waals surface area contributed by atoms with Crippen molar-refractivity contribution in [2.75, 3.05) is 20.3 Å². The number of carboxylic acid groups (broad SMARTS) is 1. The first-order valence-corrected chi connectivity index (χ1v) is 10.9. The Morgan fingerprint density at radius 1 is 1.06 bits per heavy atom. The number of hydrogen-bond acceptors (Lipinski definition) is 5. The number of ether oxygens (including phenoxy) is 2. The summed E-state index contributed by atoms with van der Waals surface area (Å²) in [5, 5.41) is 14.7. The van der Waals surface area contributed by atoms with Crippen molar-refractivity contribution in [2.45, 2.75) is 43.2 Å². The number of aliphatic carboxylic acids is 1. The zero-order chi connectivity index (χ0) is 23.6. The lowest BCUT2D eigenvalue weighted by atomic mass is 9.98. The molecule has 2 amide bonds. The number of carboxylic acids is 1. The van der Waals surface area contributed by atoms with Crippen LogP contribution >= 0.6 is 0 Å². The first-order valence-electron chi connectivity index (χ1n) is 10.9. The van der Waals surface area contributed by atoms with Crippen LogP contribution in [0.2, 0.25) is 0 Å². The van der Waals surface area contributed by atoms with Gasteiger partial charge < -0.3 is 25.2 Å². The number of hydrogen-bond donors (Lipinski definition) is 3. The largest absolute Gasteiger partial charge is 0.479 e. The number of amides is 2. The van der Waals surface area contributed by atoms with Gasteiger partial charge in [-0.15, -0.1) is 0 Å². The smallest absolute Gasteiger partial charge is 0.407 e. The molecular formula is C25H28N2O6. The van der Waals surface area contributed by atoms with Gasteiger partial charge in [-0.3, -0.25) is 4.79 Å². The van der Waals surface area contributed by atoms with Crippen LogP contribution in [0.3, 0.4) is 0 Å². The van der Waals surface area contributed by atoms with Gasteiger partial charge in [0.05, 0.1) is 12.1 Å². The number of nitrogens with one attached hydrogen (secondary N) is 2. The highest BCUT2D eigenvalue weighted by Gasteiger charge is 2.47. The second-order valence-corrected chi connectivity index (χ2v) is 9.03. The second kappa shape index (κ2) is 8.86. The van der Waals surface area contributed by atoms with Gasteiger partial charge in [-0.25, -0.2) is 9.59 Å². The van der Waals surface area contributed by atoms with Gasteiger partial charge in [-0.1, -0.05) is 48.5 Å². The molecule has 0 radical (unpaired) electrons. The number of methoxy groups -OCH3 is 1. The van der Waals surface area contributed by atoms with Gasteiger partial charge in [0.2, 0.25) is 5.91 Å². The molecule has 3 N–H and O–H groups in total. The van der Waals surface area contributed by atoms with Crippen molar-refractivity contribution < 1.29 is 29.0 Å². The summed E-state index contributed by atoms with van der Waals surface area (Å²) in [5.74, 6) is -1.70. The summed E-state index contributed by atoms with van der Waals surface area (Å²) < 4.78 is 10.5. The van der Waals surface area contributed by atoms with E-state index in [1.807, 2.05) is 36.4 Å². The van der Waals surface area contributed by atoms with E-state index in [9.17, 15) is 19.5 Å². The van der Waals surface area contributed by atoms with Crippen molar-refractivity contribution in [3.63, 3.8) is 0 Å². The molecule has 0 bridgehead atoms. The van der Waals surface area contributed by atoms with E-state index in [2.05, 4.69) is 22.8 Å². The van der Waals surface area contributed by atoms with E-state index in [4.69, 9.17) is 9.47 Å². The Morgan fingerprint density at radius 2 is 1.64 bits per heavy atom. The first-order chi connectivity index (χ1) is 15.8. The number of carbonyl (C=O) groups is 3. The third-order valence-electron chi connectivity index (χ3n) is 6.38. The molecule has 1 unspecified atom stereocenters. The minimum absolute atomic E-state index is 0.0240. The van der Waals surface area contributed by atoms with E-state index in [1.54, 1.807) is 0 Å². The molecule has 0 heterocycles. The van der Waals surface area contributed by atoms with E-state index in [-0.39, 0.29) is 25.6 Å². The SMILES string of the molecule is COCC(C)(NC(=O)CC1(NC(=O)OCC2c3ccccc3-c3ccccc32)CC1)C(=O)O. The van der Waals surface area contributed by atoms with Gasteiger partial charge in [0.25, 0.3) is 0 Å². The minimum Gasteiger partial charge on any atom is -0.479 e. The number of benzene rings is 2. The molecule has 174 valence electrons. The maximum absolute atomic E-state index is 12.6. The van der Waals surface area contributed by atoms with Crippen molar-refractivity contribution >= 4 is 18.0 Å². The number of carbonyl (C=O) groups excluding carboxylic acids is 2. The van der Waals surface area contributed by atoms with E-state index in [0.29, 0.717) is 12.8 Å². The zero-order valence-corrected chi connectivity index (χ0v) is 18.7. The number of rotatable bonds is 9. The average molecular weight is 453 g/mol. The van der Waals surface area contributed by atoms with E-state index < -0.39 is 29.0 Å². The molecule has 2 aromatic rings. The van der Waals surface area contributed by atoms with Crippen molar-refractivity contribution in [1.82, 2.24) is 10.6 Å². The molecule has 1 saturated carbocycles. The normalized spacial score (nSPS) is 17.3. The lowest BCUT2D eigenvalue weighted by Crippen LogP contribution is -2.56. The summed E-state index contributed by atoms with van der Waals surface area (Å²) in [6.45, 7) is 1.41. The Labute approximate surface area is 192 Å². The van der Waals surface area contributed by atoms with Crippen LogP contribution in [0.25, 0.3) is 11.1 Å². The van der Waals surface area contributed by atoms with Crippen LogP contribution in [-0.2, 0) is 19.1 Å². The maximum atomic E-state index is 12.6. The van der Waals surface area contributed by atoms with Gasteiger partial charge in [0, 0.05) is 19.4 Å². The molecule has 0 aromatic heterocycles. The van der Waals surface area contributed by atoms with Crippen LogP contribution < -0.4 is 10.6 Å². The third-order valence-corrected chi connectivity index (χ3v) is 6.38. The molecule has 0 spiro atoms. The second-order valence-electron chi connectivity index (χ2n) is 9.03. The highest BCUT2D eigenvalue weighted by atomic mass is 16.5. The molecule has 4 rings (SSSR count). The summed E-state index contributed by atoms with van der Waals surface area (Å²) in [4.78, 5) is 36.6. The standard InChI is InChI=1S/C25H28N2O6/c1-24(15-32-2,22(29)30)26-21(28)13-25(11-12-25)27-23(31)33-14-20-18-9-5-3-7-16(18)17-8-4-6-10-19(17)20/h3-10,20H,11-15H2,1-2H3,(H,26,28)(H,27,31)(H,29,30). The van der Waals surface area contributed by atoms with Crippen molar-refractivity contribution in [1.29, 1.82) is 0 Å². The topological polar surface area (TPSA) is 114 Å². The fraction of sp³-hybridized carbons (Fsp3) is 0.400. The Bertz CT molecular complexity index is 1030. The average Bonchev–Trinajstić information content (AvgIpc) is 3.44. The molecule has 2 aliphatic carbocycles. The fourth-order valence-corrected chi connectivity index (χ4v) is 4.45. The van der Waals surface area contributed by atoms with Gasteiger partial charge in [0.15, 0.2) is 5.54 Å². The summed E-state index contributed by atoms with van der Waals surface area (Å²) in [6, 6.07) is 16.2. The Kier molecular flexibility index (Phi) is 6.12. The predicted octanol–water partition coefficient (Wildman–Crippen LogP) is 3.05. The molecule has 33 heavy (non-hydrogen) atoms. The third kappa shape index (κ3) is 4.71. The Morgan fingerprint density at radius 3 is 2.15 bits per heavy atom.